The SMILES string of the molecule is CSc1ccccc1N1CCNCC1.O=[N+]([O-])c1ccccc1N1CCNCC1. The molecule has 2 aliphatic rings. The van der Waals surface area contributed by atoms with Crippen molar-refractivity contribution in [1.82, 2.24) is 10.6 Å². The van der Waals surface area contributed by atoms with Crippen molar-refractivity contribution in [3.8, 4) is 0 Å². The van der Waals surface area contributed by atoms with E-state index in [9.17, 15) is 10.1 Å². The number of thioether (sulfide) groups is 1. The molecule has 0 bridgehead atoms. The molecule has 2 fully saturated rings. The highest BCUT2D eigenvalue weighted by molar-refractivity contribution is 7.98. The highest BCUT2D eigenvalue weighted by Gasteiger charge is 2.19. The van der Waals surface area contributed by atoms with E-state index in [0.717, 1.165) is 58.0 Å². The van der Waals surface area contributed by atoms with E-state index in [1.807, 2.05) is 23.9 Å². The van der Waals surface area contributed by atoms with Crippen LogP contribution in [0.2, 0.25) is 0 Å². The predicted octanol–water partition coefficient (Wildman–Crippen LogP) is 2.82. The molecule has 2 aromatic rings. The Morgan fingerprint density at radius 1 is 0.828 bits per heavy atom. The maximum atomic E-state index is 10.8. The zero-order valence-electron chi connectivity index (χ0n) is 16.8. The van der Waals surface area contributed by atoms with Gasteiger partial charge in [0, 0.05) is 63.3 Å². The largest absolute Gasteiger partial charge is 0.368 e. The van der Waals surface area contributed by atoms with Crippen molar-refractivity contribution in [2.24, 2.45) is 0 Å². The van der Waals surface area contributed by atoms with Gasteiger partial charge < -0.3 is 20.4 Å². The summed E-state index contributed by atoms with van der Waals surface area (Å²) in [6, 6.07) is 15.5. The molecule has 0 aromatic heterocycles. The number of para-hydroxylation sites is 3. The Bertz CT molecular complexity index is 792. The molecule has 2 aliphatic heterocycles. The quantitative estimate of drug-likeness (QED) is 0.452. The Morgan fingerprint density at radius 3 is 1.86 bits per heavy atom. The molecule has 2 aromatic carbocycles. The molecule has 0 radical (unpaired) electrons. The monoisotopic (exact) mass is 415 g/mol. The summed E-state index contributed by atoms with van der Waals surface area (Å²) >= 11 is 1.83. The fourth-order valence-electron chi connectivity index (χ4n) is 3.59. The summed E-state index contributed by atoms with van der Waals surface area (Å²) in [6.07, 6.45) is 2.14. The average molecular weight is 416 g/mol. The molecule has 2 N–H and O–H groups in total. The molecule has 2 heterocycles. The average Bonchev–Trinajstić information content (AvgIpc) is 2.80. The van der Waals surface area contributed by atoms with Crippen LogP contribution >= 0.6 is 11.8 Å². The molecule has 0 spiro atoms. The van der Waals surface area contributed by atoms with E-state index in [0.29, 0.717) is 0 Å². The van der Waals surface area contributed by atoms with Crippen LogP contribution in [0.15, 0.2) is 53.4 Å². The highest BCUT2D eigenvalue weighted by Crippen LogP contribution is 2.28. The zero-order chi connectivity index (χ0) is 20.5. The standard InChI is InChI=1S/C11H16N2S.C10H13N3O2/c1-14-11-5-3-2-4-10(11)13-8-6-12-7-9-13;14-13(15)10-4-2-1-3-9(10)12-7-5-11-6-8-12/h2-5,12H,6-9H2,1H3;1-4,11H,5-8H2. The van der Waals surface area contributed by atoms with Crippen LogP contribution < -0.4 is 20.4 Å². The maximum absolute atomic E-state index is 10.8. The molecule has 4 rings (SSSR count). The van der Waals surface area contributed by atoms with Gasteiger partial charge >= 0.3 is 0 Å². The second-order valence-electron chi connectivity index (χ2n) is 6.89. The number of nitrogens with one attached hydrogen (secondary N) is 2. The van der Waals surface area contributed by atoms with Crippen LogP contribution in [0.3, 0.4) is 0 Å². The molecule has 0 saturated carbocycles. The first-order chi connectivity index (χ1) is 14.2. The third-order valence-electron chi connectivity index (χ3n) is 5.08. The molecule has 156 valence electrons. The van der Waals surface area contributed by atoms with E-state index in [4.69, 9.17) is 0 Å². The van der Waals surface area contributed by atoms with Crippen molar-refractivity contribution in [2.75, 3.05) is 68.4 Å². The zero-order valence-corrected chi connectivity index (χ0v) is 17.7. The fraction of sp³-hybridized carbons (Fsp3) is 0.429. The number of hydrogen-bond donors (Lipinski definition) is 2. The van der Waals surface area contributed by atoms with Crippen LogP contribution in [0.5, 0.6) is 0 Å². The van der Waals surface area contributed by atoms with E-state index < -0.39 is 0 Å². The van der Waals surface area contributed by atoms with Gasteiger partial charge in [0.2, 0.25) is 0 Å². The van der Waals surface area contributed by atoms with Crippen molar-refractivity contribution in [1.29, 1.82) is 0 Å². The molecule has 7 nitrogen and oxygen atoms in total. The minimum atomic E-state index is -0.322. The number of nitro groups is 1. The van der Waals surface area contributed by atoms with Crippen LogP contribution in [0.4, 0.5) is 17.1 Å². The van der Waals surface area contributed by atoms with Crippen molar-refractivity contribution >= 4 is 28.8 Å². The maximum Gasteiger partial charge on any atom is 0.292 e. The van der Waals surface area contributed by atoms with Crippen LogP contribution in [-0.4, -0.2) is 63.5 Å². The molecule has 8 heteroatoms. The van der Waals surface area contributed by atoms with Crippen molar-refractivity contribution in [2.45, 2.75) is 4.90 Å². The van der Waals surface area contributed by atoms with Gasteiger partial charge in [0.15, 0.2) is 0 Å². The number of nitro benzene ring substituents is 1. The Kier molecular flexibility index (Phi) is 8.15. The number of benzene rings is 2. The van der Waals surface area contributed by atoms with Gasteiger partial charge in [-0.05, 0) is 24.5 Å². The summed E-state index contributed by atoms with van der Waals surface area (Å²) in [7, 11) is 0. The van der Waals surface area contributed by atoms with Crippen LogP contribution in [0, 0.1) is 10.1 Å². The third kappa shape index (κ3) is 5.85. The van der Waals surface area contributed by atoms with Crippen LogP contribution in [0.1, 0.15) is 0 Å². The molecule has 0 amide bonds. The van der Waals surface area contributed by atoms with Gasteiger partial charge in [-0.15, -0.1) is 11.8 Å². The van der Waals surface area contributed by atoms with Gasteiger partial charge in [-0.1, -0.05) is 24.3 Å². The van der Waals surface area contributed by atoms with Gasteiger partial charge in [0.05, 0.1) is 10.6 Å². The third-order valence-corrected chi connectivity index (χ3v) is 5.86. The van der Waals surface area contributed by atoms with Gasteiger partial charge in [0.25, 0.3) is 5.69 Å². The van der Waals surface area contributed by atoms with Gasteiger partial charge in [0.1, 0.15) is 5.69 Å². The lowest BCUT2D eigenvalue weighted by molar-refractivity contribution is -0.384. The number of nitrogens with zero attached hydrogens (tertiary/aromatic N) is 3. The molecular formula is C21H29N5O2S. The van der Waals surface area contributed by atoms with E-state index in [2.05, 4.69) is 51.0 Å². The highest BCUT2D eigenvalue weighted by atomic mass is 32.2. The topological polar surface area (TPSA) is 73.7 Å². The first kappa shape index (κ1) is 21.4. The Morgan fingerprint density at radius 2 is 1.31 bits per heavy atom. The van der Waals surface area contributed by atoms with Crippen molar-refractivity contribution < 1.29 is 4.92 Å². The van der Waals surface area contributed by atoms with Crippen molar-refractivity contribution in [3.63, 3.8) is 0 Å². The Balaban J connectivity index is 0.000000166. The summed E-state index contributed by atoms with van der Waals surface area (Å²) in [5.41, 5.74) is 2.31. The van der Waals surface area contributed by atoms with Gasteiger partial charge in [-0.2, -0.15) is 0 Å². The van der Waals surface area contributed by atoms with E-state index in [1.165, 1.54) is 10.6 Å². The minimum Gasteiger partial charge on any atom is -0.368 e. The van der Waals surface area contributed by atoms with Crippen LogP contribution in [0.25, 0.3) is 0 Å². The minimum absolute atomic E-state index is 0.194. The van der Waals surface area contributed by atoms with E-state index in [-0.39, 0.29) is 10.6 Å². The lowest BCUT2D eigenvalue weighted by Crippen LogP contribution is -2.43. The molecule has 2 saturated heterocycles. The van der Waals surface area contributed by atoms with E-state index >= 15 is 0 Å². The Hall–Kier alpha value is -2.29. The van der Waals surface area contributed by atoms with E-state index in [1.54, 1.807) is 12.1 Å². The van der Waals surface area contributed by atoms with Gasteiger partial charge in [-0.25, -0.2) is 0 Å². The number of rotatable bonds is 4. The molecule has 0 unspecified atom stereocenters. The second-order valence-corrected chi connectivity index (χ2v) is 7.74. The van der Waals surface area contributed by atoms with Crippen molar-refractivity contribution in [3.05, 3.63) is 58.6 Å². The molecule has 29 heavy (non-hydrogen) atoms. The molecule has 0 atom stereocenters. The number of piperazine rings is 2. The number of hydrogen-bond acceptors (Lipinski definition) is 7. The number of anilines is 2. The first-order valence-electron chi connectivity index (χ1n) is 9.98. The fourth-order valence-corrected chi connectivity index (χ4v) is 4.21. The smallest absolute Gasteiger partial charge is 0.292 e. The molecule has 0 aliphatic carbocycles. The summed E-state index contributed by atoms with van der Waals surface area (Å²) in [5, 5.41) is 17.4. The second kappa shape index (κ2) is 11.0. The molecular weight excluding hydrogens is 386 g/mol. The first-order valence-corrected chi connectivity index (χ1v) is 11.2. The summed E-state index contributed by atoms with van der Waals surface area (Å²) in [5.74, 6) is 0. The predicted molar refractivity (Wildman–Crippen MR) is 121 cm³/mol. The van der Waals surface area contributed by atoms with Gasteiger partial charge in [-0.3, -0.25) is 10.1 Å². The van der Waals surface area contributed by atoms with Crippen LogP contribution in [-0.2, 0) is 0 Å². The summed E-state index contributed by atoms with van der Waals surface area (Å²) in [6.45, 7) is 7.86. The normalized spacial score (nSPS) is 16.7. The summed E-state index contributed by atoms with van der Waals surface area (Å²) < 4.78 is 0. The summed E-state index contributed by atoms with van der Waals surface area (Å²) in [4.78, 5) is 16.4. The lowest BCUT2D eigenvalue weighted by Gasteiger charge is -2.30. The Labute approximate surface area is 176 Å². The lowest BCUT2D eigenvalue weighted by atomic mass is 10.2.